The largest absolute Gasteiger partial charge is 0.493 e. The quantitative estimate of drug-likeness (QED) is 0.783. The average Bonchev–Trinajstić information content (AvgIpc) is 2.59. The summed E-state index contributed by atoms with van der Waals surface area (Å²) in [6.07, 6.45) is 0. The number of carbonyl (C=O) groups is 1. The van der Waals surface area contributed by atoms with Crippen molar-refractivity contribution in [1.82, 2.24) is 4.90 Å². The molecule has 3 heteroatoms. The normalized spacial score (nSPS) is 12.0. The van der Waals surface area contributed by atoms with Gasteiger partial charge in [-0.25, -0.2) is 0 Å². The molecular formula is C20H25NO2. The van der Waals surface area contributed by atoms with Crippen LogP contribution in [-0.4, -0.2) is 24.5 Å². The number of ether oxygens (including phenoxy) is 1. The van der Waals surface area contributed by atoms with Crippen molar-refractivity contribution in [2.45, 2.75) is 26.8 Å². The molecule has 0 saturated carbocycles. The fourth-order valence-electron chi connectivity index (χ4n) is 2.32. The molecule has 0 heterocycles. The molecule has 3 nitrogen and oxygen atoms in total. The molecule has 1 atom stereocenters. The third kappa shape index (κ3) is 4.59. The molecule has 0 spiro atoms. The zero-order valence-corrected chi connectivity index (χ0v) is 14.3. The Labute approximate surface area is 138 Å². The molecule has 0 aromatic heterocycles. The summed E-state index contributed by atoms with van der Waals surface area (Å²) in [5, 5.41) is 0. The van der Waals surface area contributed by atoms with Crippen LogP contribution in [0, 0.1) is 5.92 Å². The molecule has 0 saturated heterocycles. The van der Waals surface area contributed by atoms with Crippen molar-refractivity contribution in [3.63, 3.8) is 0 Å². The summed E-state index contributed by atoms with van der Waals surface area (Å²) in [5.41, 5.74) is 1.77. The first-order valence-corrected chi connectivity index (χ1v) is 8.04. The smallest absolute Gasteiger partial charge is 0.254 e. The van der Waals surface area contributed by atoms with E-state index in [1.807, 2.05) is 68.6 Å². The van der Waals surface area contributed by atoms with Gasteiger partial charge in [-0.15, -0.1) is 0 Å². The second kappa shape index (κ2) is 7.82. The SMILES string of the molecule is CC(C)COc1cccc(C(=O)N(C)C(C)c2ccccc2)c1. The van der Waals surface area contributed by atoms with Crippen LogP contribution in [-0.2, 0) is 0 Å². The summed E-state index contributed by atoms with van der Waals surface area (Å²) < 4.78 is 5.71. The Hall–Kier alpha value is -2.29. The molecule has 2 aromatic carbocycles. The number of hydrogen-bond acceptors (Lipinski definition) is 2. The molecule has 122 valence electrons. The average molecular weight is 311 g/mol. The Bertz CT molecular complexity index is 637. The van der Waals surface area contributed by atoms with Crippen LogP contribution in [0.3, 0.4) is 0 Å². The maximum Gasteiger partial charge on any atom is 0.254 e. The maximum absolute atomic E-state index is 12.7. The molecular weight excluding hydrogens is 286 g/mol. The molecule has 2 aromatic rings. The van der Waals surface area contributed by atoms with Crippen molar-refractivity contribution in [3.05, 3.63) is 65.7 Å². The van der Waals surface area contributed by atoms with Crippen LogP contribution in [0.1, 0.15) is 42.7 Å². The maximum atomic E-state index is 12.7. The molecule has 0 bridgehead atoms. The van der Waals surface area contributed by atoms with Gasteiger partial charge in [0, 0.05) is 12.6 Å². The summed E-state index contributed by atoms with van der Waals surface area (Å²) in [5.74, 6) is 1.19. The first-order valence-electron chi connectivity index (χ1n) is 8.04. The Kier molecular flexibility index (Phi) is 5.80. The summed E-state index contributed by atoms with van der Waals surface area (Å²) in [6, 6.07) is 17.5. The standard InChI is InChI=1S/C20H25NO2/c1-15(2)14-23-19-12-8-11-18(13-19)20(22)21(4)16(3)17-9-6-5-7-10-17/h5-13,15-16H,14H2,1-4H3. The van der Waals surface area contributed by atoms with Crippen LogP contribution < -0.4 is 4.74 Å². The van der Waals surface area contributed by atoms with E-state index in [2.05, 4.69) is 13.8 Å². The second-order valence-electron chi connectivity index (χ2n) is 6.24. The van der Waals surface area contributed by atoms with Crippen molar-refractivity contribution in [1.29, 1.82) is 0 Å². The Morgan fingerprint density at radius 3 is 2.39 bits per heavy atom. The van der Waals surface area contributed by atoms with Gasteiger partial charge in [0.15, 0.2) is 0 Å². The number of carbonyl (C=O) groups excluding carboxylic acids is 1. The van der Waals surface area contributed by atoms with Crippen LogP contribution in [0.15, 0.2) is 54.6 Å². The van der Waals surface area contributed by atoms with E-state index in [-0.39, 0.29) is 11.9 Å². The number of amides is 1. The predicted molar refractivity (Wildman–Crippen MR) is 93.7 cm³/mol. The van der Waals surface area contributed by atoms with Crippen molar-refractivity contribution in [2.75, 3.05) is 13.7 Å². The van der Waals surface area contributed by atoms with Gasteiger partial charge in [-0.3, -0.25) is 4.79 Å². The van der Waals surface area contributed by atoms with Crippen LogP contribution in [0.2, 0.25) is 0 Å². The van der Waals surface area contributed by atoms with E-state index in [9.17, 15) is 4.79 Å². The Balaban J connectivity index is 2.11. The molecule has 0 fully saturated rings. The molecule has 1 amide bonds. The van der Waals surface area contributed by atoms with Crippen LogP contribution in [0.5, 0.6) is 5.75 Å². The predicted octanol–water partition coefficient (Wildman–Crippen LogP) is 4.55. The third-order valence-corrected chi connectivity index (χ3v) is 3.85. The van der Waals surface area contributed by atoms with Crippen molar-refractivity contribution in [2.24, 2.45) is 5.92 Å². The van der Waals surface area contributed by atoms with E-state index in [0.29, 0.717) is 18.1 Å². The molecule has 1 unspecified atom stereocenters. The molecule has 0 N–H and O–H groups in total. The van der Waals surface area contributed by atoms with E-state index in [1.165, 1.54) is 0 Å². The lowest BCUT2D eigenvalue weighted by Crippen LogP contribution is -2.29. The van der Waals surface area contributed by atoms with Gasteiger partial charge in [0.25, 0.3) is 5.91 Å². The number of hydrogen-bond donors (Lipinski definition) is 0. The van der Waals surface area contributed by atoms with Crippen molar-refractivity contribution in [3.8, 4) is 5.75 Å². The Morgan fingerprint density at radius 2 is 1.74 bits per heavy atom. The van der Waals surface area contributed by atoms with E-state index in [0.717, 1.165) is 11.3 Å². The number of rotatable bonds is 6. The van der Waals surface area contributed by atoms with E-state index in [4.69, 9.17) is 4.74 Å². The minimum Gasteiger partial charge on any atom is -0.493 e. The zero-order valence-electron chi connectivity index (χ0n) is 14.3. The minimum atomic E-state index is -0.00338. The lowest BCUT2D eigenvalue weighted by Gasteiger charge is -2.25. The molecule has 2 rings (SSSR count). The van der Waals surface area contributed by atoms with Gasteiger partial charge in [-0.1, -0.05) is 50.2 Å². The lowest BCUT2D eigenvalue weighted by molar-refractivity contribution is 0.0742. The summed E-state index contributed by atoms with van der Waals surface area (Å²) >= 11 is 0. The fraction of sp³-hybridized carbons (Fsp3) is 0.350. The highest BCUT2D eigenvalue weighted by molar-refractivity contribution is 5.94. The third-order valence-electron chi connectivity index (χ3n) is 3.85. The lowest BCUT2D eigenvalue weighted by atomic mass is 10.1. The van der Waals surface area contributed by atoms with Crippen molar-refractivity contribution < 1.29 is 9.53 Å². The second-order valence-corrected chi connectivity index (χ2v) is 6.24. The van der Waals surface area contributed by atoms with Crippen LogP contribution in [0.4, 0.5) is 0 Å². The van der Waals surface area contributed by atoms with Gasteiger partial charge < -0.3 is 9.64 Å². The van der Waals surface area contributed by atoms with Gasteiger partial charge in [0.2, 0.25) is 0 Å². The minimum absolute atomic E-state index is 0.00338. The zero-order chi connectivity index (χ0) is 16.8. The number of benzene rings is 2. The highest BCUT2D eigenvalue weighted by Gasteiger charge is 2.19. The van der Waals surface area contributed by atoms with Crippen molar-refractivity contribution >= 4 is 5.91 Å². The number of nitrogens with zero attached hydrogens (tertiary/aromatic N) is 1. The van der Waals surface area contributed by atoms with E-state index >= 15 is 0 Å². The molecule has 0 radical (unpaired) electrons. The Morgan fingerprint density at radius 1 is 1.04 bits per heavy atom. The summed E-state index contributed by atoms with van der Waals surface area (Å²) in [4.78, 5) is 14.5. The summed E-state index contributed by atoms with van der Waals surface area (Å²) in [7, 11) is 1.83. The van der Waals surface area contributed by atoms with Crippen LogP contribution in [0.25, 0.3) is 0 Å². The fourth-order valence-corrected chi connectivity index (χ4v) is 2.32. The van der Waals surface area contributed by atoms with Crippen LogP contribution >= 0.6 is 0 Å². The van der Waals surface area contributed by atoms with E-state index in [1.54, 1.807) is 4.90 Å². The molecule has 0 aliphatic carbocycles. The molecule has 23 heavy (non-hydrogen) atoms. The highest BCUT2D eigenvalue weighted by atomic mass is 16.5. The first-order chi connectivity index (χ1) is 11.0. The topological polar surface area (TPSA) is 29.5 Å². The summed E-state index contributed by atoms with van der Waals surface area (Å²) in [6.45, 7) is 6.88. The molecule has 0 aliphatic rings. The van der Waals surface area contributed by atoms with Gasteiger partial charge in [-0.2, -0.15) is 0 Å². The van der Waals surface area contributed by atoms with Gasteiger partial charge in [0.1, 0.15) is 5.75 Å². The molecule has 0 aliphatic heterocycles. The highest BCUT2D eigenvalue weighted by Crippen LogP contribution is 2.22. The van der Waals surface area contributed by atoms with Gasteiger partial charge in [-0.05, 0) is 36.6 Å². The first kappa shape index (κ1) is 17.1. The van der Waals surface area contributed by atoms with E-state index < -0.39 is 0 Å². The van der Waals surface area contributed by atoms with Gasteiger partial charge in [0.05, 0.1) is 12.6 Å². The van der Waals surface area contributed by atoms with Gasteiger partial charge >= 0.3 is 0 Å². The monoisotopic (exact) mass is 311 g/mol.